The van der Waals surface area contributed by atoms with Gasteiger partial charge in [0.2, 0.25) is 0 Å². The van der Waals surface area contributed by atoms with E-state index >= 15 is 0 Å². The van der Waals surface area contributed by atoms with Crippen LogP contribution < -0.4 is 5.73 Å². The van der Waals surface area contributed by atoms with Gasteiger partial charge in [-0.1, -0.05) is 27.2 Å². The summed E-state index contributed by atoms with van der Waals surface area (Å²) in [6, 6.07) is 0. The van der Waals surface area contributed by atoms with Crippen molar-refractivity contribution in [3.8, 4) is 0 Å². The first kappa shape index (κ1) is 15.9. The predicted octanol–water partition coefficient (Wildman–Crippen LogP) is 2.05. The van der Waals surface area contributed by atoms with Gasteiger partial charge in [-0.25, -0.2) is 0 Å². The Hall–Kier alpha value is -0.120. The maximum absolute atomic E-state index is 10.3. The Morgan fingerprint density at radius 1 is 1.25 bits per heavy atom. The topological polar surface area (TPSA) is 66.5 Å². The molecule has 0 saturated heterocycles. The minimum Gasteiger partial charge on any atom is -0.390 e. The van der Waals surface area contributed by atoms with E-state index in [-0.39, 0.29) is 11.5 Å². The summed E-state index contributed by atoms with van der Waals surface area (Å²) in [4.78, 5) is 0. The highest BCUT2D eigenvalue weighted by molar-refractivity contribution is 4.91. The molecule has 0 amide bonds. The highest BCUT2D eigenvalue weighted by atomic mass is 16.3. The average Bonchev–Trinajstić information content (AvgIpc) is 2.17. The Bertz CT molecular complexity index is 202. The fraction of sp³-hybridized carbons (Fsp3) is 1.00. The Morgan fingerprint density at radius 3 is 2.12 bits per heavy atom. The van der Waals surface area contributed by atoms with Crippen molar-refractivity contribution in [1.82, 2.24) is 0 Å². The summed E-state index contributed by atoms with van der Waals surface area (Å²) < 4.78 is 0. The van der Waals surface area contributed by atoms with Crippen LogP contribution >= 0.6 is 0 Å². The second-order valence-electron chi connectivity index (χ2n) is 5.64. The van der Waals surface area contributed by atoms with Gasteiger partial charge in [-0.2, -0.15) is 0 Å². The summed E-state index contributed by atoms with van der Waals surface area (Å²) in [6.07, 6.45) is 2.43. The van der Waals surface area contributed by atoms with Crippen molar-refractivity contribution in [2.45, 2.75) is 77.5 Å². The molecule has 0 fully saturated rings. The van der Waals surface area contributed by atoms with Crippen LogP contribution in [-0.4, -0.2) is 27.5 Å². The molecule has 16 heavy (non-hydrogen) atoms. The van der Waals surface area contributed by atoms with Gasteiger partial charge in [-0.15, -0.1) is 0 Å². The highest BCUT2D eigenvalue weighted by Crippen LogP contribution is 2.30. The summed E-state index contributed by atoms with van der Waals surface area (Å²) in [6.45, 7) is 9.71. The molecule has 0 radical (unpaired) electrons. The quantitative estimate of drug-likeness (QED) is 0.628. The van der Waals surface area contributed by atoms with Crippen LogP contribution in [0.25, 0.3) is 0 Å². The SMILES string of the molecule is CCCC(O)C(C)(O)C(C)CC(C)(N)CC. The highest BCUT2D eigenvalue weighted by Gasteiger charge is 2.38. The molecule has 0 aromatic heterocycles. The van der Waals surface area contributed by atoms with Crippen molar-refractivity contribution < 1.29 is 10.2 Å². The van der Waals surface area contributed by atoms with Gasteiger partial charge in [-0.3, -0.25) is 0 Å². The second-order valence-corrected chi connectivity index (χ2v) is 5.64. The van der Waals surface area contributed by atoms with Crippen molar-refractivity contribution in [1.29, 1.82) is 0 Å². The van der Waals surface area contributed by atoms with Gasteiger partial charge in [0.15, 0.2) is 0 Å². The molecule has 4 N–H and O–H groups in total. The van der Waals surface area contributed by atoms with Crippen LogP contribution in [0.3, 0.4) is 0 Å². The third-order valence-electron chi connectivity index (χ3n) is 3.81. The molecule has 0 heterocycles. The molecule has 0 aliphatic rings. The van der Waals surface area contributed by atoms with Gasteiger partial charge in [-0.05, 0) is 39.0 Å². The van der Waals surface area contributed by atoms with E-state index in [1.165, 1.54) is 0 Å². The van der Waals surface area contributed by atoms with Gasteiger partial charge in [0, 0.05) is 5.54 Å². The molecule has 4 unspecified atom stereocenters. The third kappa shape index (κ3) is 4.40. The first-order valence-electron chi connectivity index (χ1n) is 6.36. The molecule has 0 aromatic rings. The molecule has 0 aliphatic heterocycles. The molecule has 0 aliphatic carbocycles. The zero-order valence-corrected chi connectivity index (χ0v) is 11.5. The lowest BCUT2D eigenvalue weighted by Crippen LogP contribution is -2.49. The first-order valence-corrected chi connectivity index (χ1v) is 6.36. The predicted molar refractivity (Wildman–Crippen MR) is 68.2 cm³/mol. The molecular weight excluding hydrogens is 202 g/mol. The van der Waals surface area contributed by atoms with E-state index < -0.39 is 11.7 Å². The molecule has 3 heteroatoms. The van der Waals surface area contributed by atoms with Crippen molar-refractivity contribution in [2.24, 2.45) is 11.7 Å². The zero-order valence-electron chi connectivity index (χ0n) is 11.5. The van der Waals surface area contributed by atoms with Crippen molar-refractivity contribution in [3.63, 3.8) is 0 Å². The first-order chi connectivity index (χ1) is 7.17. The van der Waals surface area contributed by atoms with Crippen LogP contribution in [0.4, 0.5) is 0 Å². The standard InChI is InChI=1S/C13H29NO2/c1-6-8-11(15)13(5,16)10(3)9-12(4,14)7-2/h10-11,15-16H,6-9,14H2,1-5H3. The summed E-state index contributed by atoms with van der Waals surface area (Å²) >= 11 is 0. The van der Waals surface area contributed by atoms with Gasteiger partial charge in [0.05, 0.1) is 11.7 Å². The third-order valence-corrected chi connectivity index (χ3v) is 3.81. The number of aliphatic hydroxyl groups is 2. The fourth-order valence-electron chi connectivity index (χ4n) is 1.94. The number of aliphatic hydroxyl groups excluding tert-OH is 1. The molecule has 3 nitrogen and oxygen atoms in total. The van der Waals surface area contributed by atoms with Gasteiger partial charge < -0.3 is 15.9 Å². The summed E-state index contributed by atoms with van der Waals surface area (Å²) in [5.41, 5.74) is 4.78. The lowest BCUT2D eigenvalue weighted by atomic mass is 9.76. The van der Waals surface area contributed by atoms with Crippen LogP contribution in [0, 0.1) is 5.92 Å². The van der Waals surface area contributed by atoms with Crippen molar-refractivity contribution in [2.75, 3.05) is 0 Å². The van der Waals surface area contributed by atoms with E-state index in [0.29, 0.717) is 6.42 Å². The van der Waals surface area contributed by atoms with Crippen molar-refractivity contribution >= 4 is 0 Å². The Labute approximate surface area is 100 Å². The fourth-order valence-corrected chi connectivity index (χ4v) is 1.94. The second kappa shape index (κ2) is 5.99. The monoisotopic (exact) mass is 231 g/mol. The zero-order chi connectivity index (χ0) is 13.0. The summed E-state index contributed by atoms with van der Waals surface area (Å²) in [5, 5.41) is 20.3. The van der Waals surface area contributed by atoms with E-state index in [1.54, 1.807) is 6.92 Å². The number of rotatable bonds is 7. The molecule has 0 aromatic carbocycles. The van der Waals surface area contributed by atoms with E-state index in [0.717, 1.165) is 19.3 Å². The van der Waals surface area contributed by atoms with Gasteiger partial charge in [0.25, 0.3) is 0 Å². The number of hydrogen-bond acceptors (Lipinski definition) is 3. The molecule has 0 bridgehead atoms. The summed E-state index contributed by atoms with van der Waals surface area (Å²) in [7, 11) is 0. The van der Waals surface area contributed by atoms with Gasteiger partial charge >= 0.3 is 0 Å². The minimum absolute atomic E-state index is 0.0102. The molecule has 98 valence electrons. The van der Waals surface area contributed by atoms with E-state index in [9.17, 15) is 10.2 Å². The molecular formula is C13H29NO2. The van der Waals surface area contributed by atoms with Crippen LogP contribution in [0.2, 0.25) is 0 Å². The largest absolute Gasteiger partial charge is 0.390 e. The average molecular weight is 231 g/mol. The Morgan fingerprint density at radius 2 is 1.75 bits per heavy atom. The Balaban J connectivity index is 4.50. The Kier molecular flexibility index (Phi) is 5.94. The van der Waals surface area contributed by atoms with Crippen molar-refractivity contribution in [3.05, 3.63) is 0 Å². The lowest BCUT2D eigenvalue weighted by molar-refractivity contribution is -0.105. The van der Waals surface area contributed by atoms with E-state index in [2.05, 4.69) is 0 Å². The van der Waals surface area contributed by atoms with Crippen LogP contribution in [0.5, 0.6) is 0 Å². The lowest BCUT2D eigenvalue weighted by Gasteiger charge is -2.38. The molecule has 0 rings (SSSR count). The maximum Gasteiger partial charge on any atom is 0.0903 e. The van der Waals surface area contributed by atoms with Crippen LogP contribution in [-0.2, 0) is 0 Å². The van der Waals surface area contributed by atoms with Crippen LogP contribution in [0.15, 0.2) is 0 Å². The van der Waals surface area contributed by atoms with E-state index in [4.69, 9.17) is 5.73 Å². The normalized spacial score (nSPS) is 23.2. The molecule has 0 spiro atoms. The summed E-state index contributed by atoms with van der Waals surface area (Å²) in [5.74, 6) is -0.0102. The smallest absolute Gasteiger partial charge is 0.0903 e. The molecule has 4 atom stereocenters. The maximum atomic E-state index is 10.3. The van der Waals surface area contributed by atoms with E-state index in [1.807, 2.05) is 27.7 Å². The van der Waals surface area contributed by atoms with Crippen LogP contribution in [0.1, 0.15) is 60.3 Å². The number of hydrogen-bond donors (Lipinski definition) is 3. The van der Waals surface area contributed by atoms with Gasteiger partial charge in [0.1, 0.15) is 0 Å². The number of nitrogens with two attached hydrogens (primary N) is 1. The molecule has 0 saturated carbocycles. The minimum atomic E-state index is -1.05.